The summed E-state index contributed by atoms with van der Waals surface area (Å²) < 4.78 is 4.97. The summed E-state index contributed by atoms with van der Waals surface area (Å²) in [6, 6.07) is 9.91. The van der Waals surface area contributed by atoms with Crippen molar-refractivity contribution in [2.24, 2.45) is 0 Å². The summed E-state index contributed by atoms with van der Waals surface area (Å²) in [5, 5.41) is 12.8. The summed E-state index contributed by atoms with van der Waals surface area (Å²) >= 11 is 0. The van der Waals surface area contributed by atoms with Gasteiger partial charge in [0.25, 0.3) is 0 Å². The van der Waals surface area contributed by atoms with Gasteiger partial charge in [0.15, 0.2) is 0 Å². The lowest BCUT2D eigenvalue weighted by atomic mass is 10.1. The average molecular weight is 203 g/mol. The molecular formula is C12H13NO2. The second kappa shape index (κ2) is 4.75. The van der Waals surface area contributed by atoms with E-state index in [4.69, 9.17) is 9.63 Å². The van der Waals surface area contributed by atoms with Crippen LogP contribution in [0.4, 0.5) is 0 Å². The van der Waals surface area contributed by atoms with Crippen LogP contribution in [0.15, 0.2) is 41.1 Å². The highest BCUT2D eigenvalue weighted by Crippen LogP contribution is 2.22. The first kappa shape index (κ1) is 9.93. The van der Waals surface area contributed by atoms with Gasteiger partial charge >= 0.3 is 0 Å². The highest BCUT2D eigenvalue weighted by molar-refractivity contribution is 5.61. The molecule has 3 heteroatoms. The Morgan fingerprint density at radius 2 is 2.00 bits per heavy atom. The number of nitrogens with zero attached hydrogens (tertiary/aromatic N) is 1. The van der Waals surface area contributed by atoms with E-state index in [2.05, 4.69) is 5.16 Å². The topological polar surface area (TPSA) is 46.3 Å². The second-order valence-corrected chi connectivity index (χ2v) is 3.38. The standard InChI is InChI=1S/C12H13NO2/c14-8-4-7-11-9-15-13-12(11)10-5-2-1-3-6-10/h1-3,5-6,9,14H,4,7-8H2. The molecule has 3 nitrogen and oxygen atoms in total. The lowest BCUT2D eigenvalue weighted by Gasteiger charge is -1.99. The first-order chi connectivity index (χ1) is 7.42. The molecule has 0 amide bonds. The highest BCUT2D eigenvalue weighted by atomic mass is 16.5. The molecule has 0 aliphatic rings. The van der Waals surface area contributed by atoms with Crippen LogP contribution in [-0.4, -0.2) is 16.9 Å². The van der Waals surface area contributed by atoms with Crippen LogP contribution < -0.4 is 0 Å². The van der Waals surface area contributed by atoms with Gasteiger partial charge in [-0.2, -0.15) is 0 Å². The summed E-state index contributed by atoms with van der Waals surface area (Å²) in [7, 11) is 0. The van der Waals surface area contributed by atoms with E-state index in [-0.39, 0.29) is 6.61 Å². The fourth-order valence-corrected chi connectivity index (χ4v) is 1.54. The van der Waals surface area contributed by atoms with E-state index < -0.39 is 0 Å². The molecule has 1 N–H and O–H groups in total. The van der Waals surface area contributed by atoms with Gasteiger partial charge in [0.1, 0.15) is 12.0 Å². The number of aliphatic hydroxyl groups excluding tert-OH is 1. The molecule has 2 aromatic rings. The van der Waals surface area contributed by atoms with Crippen LogP contribution in [0.5, 0.6) is 0 Å². The van der Waals surface area contributed by atoms with Gasteiger partial charge in [0.2, 0.25) is 0 Å². The number of aromatic nitrogens is 1. The molecular weight excluding hydrogens is 190 g/mol. The van der Waals surface area contributed by atoms with Crippen LogP contribution in [0.1, 0.15) is 12.0 Å². The number of hydrogen-bond acceptors (Lipinski definition) is 3. The zero-order valence-electron chi connectivity index (χ0n) is 8.39. The first-order valence-corrected chi connectivity index (χ1v) is 5.01. The first-order valence-electron chi connectivity index (χ1n) is 5.01. The number of rotatable bonds is 4. The van der Waals surface area contributed by atoms with Crippen molar-refractivity contribution in [3.05, 3.63) is 42.2 Å². The van der Waals surface area contributed by atoms with E-state index in [1.807, 2.05) is 30.3 Å². The molecule has 78 valence electrons. The highest BCUT2D eigenvalue weighted by Gasteiger charge is 2.08. The summed E-state index contributed by atoms with van der Waals surface area (Å²) in [4.78, 5) is 0. The Morgan fingerprint density at radius 1 is 1.20 bits per heavy atom. The molecule has 1 aromatic carbocycles. The molecule has 1 heterocycles. The normalized spacial score (nSPS) is 10.5. The Balaban J connectivity index is 2.25. The Labute approximate surface area is 88.3 Å². The smallest absolute Gasteiger partial charge is 0.127 e. The van der Waals surface area contributed by atoms with Crippen LogP contribution in [0.3, 0.4) is 0 Å². The lowest BCUT2D eigenvalue weighted by molar-refractivity contribution is 0.288. The second-order valence-electron chi connectivity index (χ2n) is 3.38. The third kappa shape index (κ3) is 2.25. The number of aryl methyl sites for hydroxylation is 1. The Hall–Kier alpha value is -1.61. The van der Waals surface area contributed by atoms with Crippen LogP contribution in [0.25, 0.3) is 11.3 Å². The molecule has 0 aliphatic carbocycles. The number of benzene rings is 1. The zero-order chi connectivity index (χ0) is 10.5. The van der Waals surface area contributed by atoms with Crippen LogP contribution in [-0.2, 0) is 6.42 Å². The van der Waals surface area contributed by atoms with E-state index >= 15 is 0 Å². The van der Waals surface area contributed by atoms with Gasteiger partial charge in [-0.05, 0) is 12.8 Å². The van der Waals surface area contributed by atoms with Crippen molar-refractivity contribution >= 4 is 0 Å². The van der Waals surface area contributed by atoms with E-state index in [1.54, 1.807) is 6.26 Å². The maximum absolute atomic E-state index is 8.78. The molecule has 0 radical (unpaired) electrons. The van der Waals surface area contributed by atoms with E-state index in [0.29, 0.717) is 0 Å². The number of aliphatic hydroxyl groups is 1. The van der Waals surface area contributed by atoms with Crippen molar-refractivity contribution in [1.82, 2.24) is 5.16 Å². The zero-order valence-corrected chi connectivity index (χ0v) is 8.39. The predicted octanol–water partition coefficient (Wildman–Crippen LogP) is 2.27. The van der Waals surface area contributed by atoms with Crippen LogP contribution >= 0.6 is 0 Å². The molecule has 0 fully saturated rings. The summed E-state index contributed by atoms with van der Waals surface area (Å²) in [5.41, 5.74) is 2.98. The number of hydrogen-bond donors (Lipinski definition) is 1. The molecule has 0 aliphatic heterocycles. The molecule has 15 heavy (non-hydrogen) atoms. The van der Waals surface area contributed by atoms with Gasteiger partial charge in [-0.1, -0.05) is 35.5 Å². The van der Waals surface area contributed by atoms with Crippen molar-refractivity contribution < 1.29 is 9.63 Å². The molecule has 0 saturated heterocycles. The minimum atomic E-state index is 0.194. The Morgan fingerprint density at radius 3 is 2.73 bits per heavy atom. The summed E-state index contributed by atoms with van der Waals surface area (Å²) in [5.74, 6) is 0. The van der Waals surface area contributed by atoms with Gasteiger partial charge in [0, 0.05) is 17.7 Å². The summed E-state index contributed by atoms with van der Waals surface area (Å²) in [6.45, 7) is 0.194. The van der Waals surface area contributed by atoms with E-state index in [9.17, 15) is 0 Å². The monoisotopic (exact) mass is 203 g/mol. The fourth-order valence-electron chi connectivity index (χ4n) is 1.54. The van der Waals surface area contributed by atoms with Crippen LogP contribution in [0, 0.1) is 0 Å². The van der Waals surface area contributed by atoms with Crippen LogP contribution in [0.2, 0.25) is 0 Å². The Bertz CT molecular complexity index is 409. The largest absolute Gasteiger partial charge is 0.396 e. The fraction of sp³-hybridized carbons (Fsp3) is 0.250. The predicted molar refractivity (Wildman–Crippen MR) is 57.3 cm³/mol. The Kier molecular flexibility index (Phi) is 3.15. The van der Waals surface area contributed by atoms with Gasteiger partial charge in [-0.25, -0.2) is 0 Å². The van der Waals surface area contributed by atoms with Crippen molar-refractivity contribution in [3.8, 4) is 11.3 Å². The third-order valence-corrected chi connectivity index (χ3v) is 2.29. The van der Waals surface area contributed by atoms with Gasteiger partial charge < -0.3 is 9.63 Å². The van der Waals surface area contributed by atoms with E-state index in [0.717, 1.165) is 29.7 Å². The average Bonchev–Trinajstić information content (AvgIpc) is 2.75. The van der Waals surface area contributed by atoms with Crippen molar-refractivity contribution in [1.29, 1.82) is 0 Å². The molecule has 1 aromatic heterocycles. The molecule has 0 atom stereocenters. The quantitative estimate of drug-likeness (QED) is 0.829. The minimum Gasteiger partial charge on any atom is -0.396 e. The molecule has 0 bridgehead atoms. The minimum absolute atomic E-state index is 0.194. The maximum Gasteiger partial charge on any atom is 0.127 e. The summed E-state index contributed by atoms with van der Waals surface area (Å²) in [6.07, 6.45) is 3.18. The van der Waals surface area contributed by atoms with Gasteiger partial charge in [0.05, 0.1) is 0 Å². The van der Waals surface area contributed by atoms with E-state index in [1.165, 1.54) is 0 Å². The van der Waals surface area contributed by atoms with Crippen molar-refractivity contribution in [3.63, 3.8) is 0 Å². The van der Waals surface area contributed by atoms with Crippen molar-refractivity contribution in [2.75, 3.05) is 6.61 Å². The lowest BCUT2D eigenvalue weighted by Crippen LogP contribution is -1.90. The molecule has 0 spiro atoms. The van der Waals surface area contributed by atoms with Gasteiger partial charge in [-0.15, -0.1) is 0 Å². The van der Waals surface area contributed by atoms with Crippen molar-refractivity contribution in [2.45, 2.75) is 12.8 Å². The van der Waals surface area contributed by atoms with Gasteiger partial charge in [-0.3, -0.25) is 0 Å². The third-order valence-electron chi connectivity index (χ3n) is 2.29. The molecule has 0 unspecified atom stereocenters. The maximum atomic E-state index is 8.78. The molecule has 0 saturated carbocycles. The SMILES string of the molecule is OCCCc1conc1-c1ccccc1. The molecule has 2 rings (SSSR count).